The largest absolute Gasteiger partial charge is 0.480 e. The third-order valence-corrected chi connectivity index (χ3v) is 5.83. The second kappa shape index (κ2) is 7.55. The van der Waals surface area contributed by atoms with E-state index in [0.717, 1.165) is 31.2 Å². The number of aromatic nitrogens is 1. The molecule has 0 bridgehead atoms. The van der Waals surface area contributed by atoms with Gasteiger partial charge in [-0.3, -0.25) is 4.79 Å². The van der Waals surface area contributed by atoms with E-state index >= 15 is 0 Å². The third kappa shape index (κ3) is 3.61. The number of carbonyl (C=O) groups is 2. The van der Waals surface area contributed by atoms with Gasteiger partial charge in [0, 0.05) is 24.4 Å². The zero-order chi connectivity index (χ0) is 18.8. The van der Waals surface area contributed by atoms with Crippen LogP contribution >= 0.6 is 0 Å². The van der Waals surface area contributed by atoms with Crippen molar-refractivity contribution in [2.45, 2.75) is 57.0 Å². The zero-order valence-corrected chi connectivity index (χ0v) is 15.2. The van der Waals surface area contributed by atoms with Gasteiger partial charge in [0.15, 0.2) is 11.7 Å². The van der Waals surface area contributed by atoms with E-state index in [1.807, 2.05) is 30.3 Å². The Morgan fingerprint density at radius 2 is 1.96 bits per heavy atom. The lowest BCUT2D eigenvalue weighted by Gasteiger charge is -2.33. The van der Waals surface area contributed by atoms with Crippen molar-refractivity contribution in [1.82, 2.24) is 9.88 Å². The van der Waals surface area contributed by atoms with Crippen LogP contribution in [0.1, 0.15) is 44.4 Å². The van der Waals surface area contributed by atoms with Crippen LogP contribution in [0.15, 0.2) is 40.9 Å². The molecule has 2 aromatic rings. The van der Waals surface area contributed by atoms with Crippen molar-refractivity contribution in [1.29, 1.82) is 0 Å². The topological polar surface area (TPSA) is 83.6 Å². The van der Waals surface area contributed by atoms with Crippen LogP contribution in [0.2, 0.25) is 0 Å². The molecule has 1 aromatic heterocycles. The van der Waals surface area contributed by atoms with Crippen molar-refractivity contribution in [3.8, 4) is 11.3 Å². The minimum atomic E-state index is -0.889. The molecule has 2 aliphatic rings. The number of fused-ring (bicyclic) bond motifs is 1. The smallest absolute Gasteiger partial charge is 0.326 e. The van der Waals surface area contributed by atoms with Gasteiger partial charge in [0.1, 0.15) is 6.04 Å². The van der Waals surface area contributed by atoms with Gasteiger partial charge in [-0.15, -0.1) is 0 Å². The highest BCUT2D eigenvalue weighted by Crippen LogP contribution is 2.40. The first-order valence-corrected chi connectivity index (χ1v) is 9.67. The fourth-order valence-corrected chi connectivity index (χ4v) is 4.54. The standard InChI is InChI=1S/C21H24N2O4/c24-20(23-16-9-5-4-8-15(16)12-17(23)21(25)26)11-10-19-22-13-18(27-19)14-6-2-1-3-7-14/h1-3,6-7,13,15-17H,4-5,8-12H2,(H,25,26)/t15-,16-,17-/m0/s1. The second-order valence-corrected chi connectivity index (χ2v) is 7.49. The van der Waals surface area contributed by atoms with Gasteiger partial charge in [-0.2, -0.15) is 0 Å². The molecule has 1 aromatic carbocycles. The fraction of sp³-hybridized carbons (Fsp3) is 0.476. The number of likely N-dealkylation sites (tertiary alicyclic amines) is 1. The van der Waals surface area contributed by atoms with Gasteiger partial charge in [-0.1, -0.05) is 43.2 Å². The molecule has 6 nitrogen and oxygen atoms in total. The lowest BCUT2D eigenvalue weighted by molar-refractivity contribution is -0.149. The minimum absolute atomic E-state index is 0.0804. The first-order chi connectivity index (χ1) is 13.1. The lowest BCUT2D eigenvalue weighted by Crippen LogP contribution is -2.46. The number of aryl methyl sites for hydroxylation is 1. The van der Waals surface area contributed by atoms with E-state index in [1.165, 1.54) is 0 Å². The number of amides is 1. The van der Waals surface area contributed by atoms with Crippen molar-refractivity contribution < 1.29 is 19.1 Å². The van der Waals surface area contributed by atoms with Gasteiger partial charge < -0.3 is 14.4 Å². The van der Waals surface area contributed by atoms with Crippen LogP contribution in [0.5, 0.6) is 0 Å². The highest BCUT2D eigenvalue weighted by atomic mass is 16.4. The second-order valence-electron chi connectivity index (χ2n) is 7.49. The van der Waals surface area contributed by atoms with E-state index in [4.69, 9.17) is 4.42 Å². The number of rotatable bonds is 5. The Morgan fingerprint density at radius 1 is 1.19 bits per heavy atom. The Balaban J connectivity index is 1.42. The minimum Gasteiger partial charge on any atom is -0.480 e. The van der Waals surface area contributed by atoms with Crippen molar-refractivity contribution in [3.05, 3.63) is 42.4 Å². The number of carboxylic acid groups (broad SMARTS) is 1. The van der Waals surface area contributed by atoms with E-state index in [0.29, 0.717) is 30.4 Å². The lowest BCUT2D eigenvalue weighted by atomic mass is 9.84. The Hall–Kier alpha value is -2.63. The molecule has 142 valence electrons. The number of nitrogens with zero attached hydrogens (tertiary/aromatic N) is 2. The van der Waals surface area contributed by atoms with Gasteiger partial charge in [-0.05, 0) is 25.2 Å². The van der Waals surface area contributed by atoms with Gasteiger partial charge in [0.25, 0.3) is 0 Å². The van der Waals surface area contributed by atoms with Crippen LogP contribution in [-0.4, -0.2) is 39.0 Å². The molecule has 3 atom stereocenters. The van der Waals surface area contributed by atoms with Gasteiger partial charge >= 0.3 is 5.97 Å². The predicted octanol–water partition coefficient (Wildman–Crippen LogP) is 3.52. The Bertz CT molecular complexity index is 817. The monoisotopic (exact) mass is 368 g/mol. The summed E-state index contributed by atoms with van der Waals surface area (Å²) in [4.78, 5) is 30.4. The summed E-state index contributed by atoms with van der Waals surface area (Å²) in [7, 11) is 0. The van der Waals surface area contributed by atoms with Crippen molar-refractivity contribution in [2.75, 3.05) is 0 Å². The number of aliphatic carboxylic acids is 1. The highest BCUT2D eigenvalue weighted by Gasteiger charge is 2.47. The summed E-state index contributed by atoms with van der Waals surface area (Å²) in [6, 6.07) is 9.09. The number of oxazole rings is 1. The molecule has 1 saturated carbocycles. The van der Waals surface area contributed by atoms with Gasteiger partial charge in [-0.25, -0.2) is 9.78 Å². The van der Waals surface area contributed by atoms with Crippen molar-refractivity contribution >= 4 is 11.9 Å². The molecule has 1 aliphatic carbocycles. The summed E-state index contributed by atoms with van der Waals surface area (Å²) in [6.45, 7) is 0. The van der Waals surface area contributed by atoms with Crippen molar-refractivity contribution in [3.63, 3.8) is 0 Å². The molecule has 1 amide bonds. The number of benzene rings is 1. The summed E-state index contributed by atoms with van der Waals surface area (Å²) < 4.78 is 5.77. The summed E-state index contributed by atoms with van der Waals surface area (Å²) in [5.74, 6) is 0.523. The maximum Gasteiger partial charge on any atom is 0.326 e. The molecule has 0 unspecified atom stereocenters. The van der Waals surface area contributed by atoms with E-state index in [9.17, 15) is 14.7 Å². The van der Waals surface area contributed by atoms with Crippen LogP contribution in [0.3, 0.4) is 0 Å². The Labute approximate surface area is 158 Å². The zero-order valence-electron chi connectivity index (χ0n) is 15.2. The normalized spacial score (nSPS) is 24.6. The van der Waals surface area contributed by atoms with E-state index < -0.39 is 12.0 Å². The van der Waals surface area contributed by atoms with Crippen molar-refractivity contribution in [2.24, 2.45) is 5.92 Å². The summed E-state index contributed by atoms with van der Waals surface area (Å²) >= 11 is 0. The third-order valence-electron chi connectivity index (χ3n) is 5.83. The van der Waals surface area contributed by atoms with Gasteiger partial charge in [0.2, 0.25) is 5.91 Å². The molecule has 1 aliphatic heterocycles. The molecule has 4 rings (SSSR count). The van der Waals surface area contributed by atoms with Crippen LogP contribution < -0.4 is 0 Å². The Kier molecular flexibility index (Phi) is 4.97. The first kappa shape index (κ1) is 17.8. The van der Waals surface area contributed by atoms with Crippen LogP contribution in [0.25, 0.3) is 11.3 Å². The SMILES string of the molecule is O=C(O)[C@@H]1C[C@@H]2CCCC[C@@H]2N1C(=O)CCc1ncc(-c2ccccc2)o1. The summed E-state index contributed by atoms with van der Waals surface area (Å²) in [5.41, 5.74) is 0.943. The first-order valence-electron chi connectivity index (χ1n) is 9.67. The quantitative estimate of drug-likeness (QED) is 0.873. The molecule has 6 heteroatoms. The number of carboxylic acids is 1. The summed E-state index contributed by atoms with van der Waals surface area (Å²) in [6.07, 6.45) is 7.00. The van der Waals surface area contributed by atoms with Crippen LogP contribution in [0, 0.1) is 5.92 Å². The average Bonchev–Trinajstić information content (AvgIpc) is 3.32. The number of hydrogen-bond donors (Lipinski definition) is 1. The molecular weight excluding hydrogens is 344 g/mol. The average molecular weight is 368 g/mol. The molecular formula is C21H24N2O4. The number of hydrogen-bond acceptors (Lipinski definition) is 4. The maximum atomic E-state index is 12.9. The number of carbonyl (C=O) groups excluding carboxylic acids is 1. The highest BCUT2D eigenvalue weighted by molar-refractivity contribution is 5.85. The van der Waals surface area contributed by atoms with Gasteiger partial charge in [0.05, 0.1) is 6.20 Å². The van der Waals surface area contributed by atoms with E-state index in [2.05, 4.69) is 4.98 Å². The molecule has 2 heterocycles. The molecule has 2 fully saturated rings. The van der Waals surface area contributed by atoms with Crippen LogP contribution in [-0.2, 0) is 16.0 Å². The molecule has 27 heavy (non-hydrogen) atoms. The fourth-order valence-electron chi connectivity index (χ4n) is 4.54. The molecule has 0 radical (unpaired) electrons. The Morgan fingerprint density at radius 3 is 2.74 bits per heavy atom. The molecule has 1 saturated heterocycles. The predicted molar refractivity (Wildman–Crippen MR) is 98.9 cm³/mol. The molecule has 1 N–H and O–H groups in total. The van der Waals surface area contributed by atoms with E-state index in [1.54, 1.807) is 11.1 Å². The maximum absolute atomic E-state index is 12.9. The summed E-state index contributed by atoms with van der Waals surface area (Å²) in [5, 5.41) is 9.57. The van der Waals surface area contributed by atoms with E-state index in [-0.39, 0.29) is 18.4 Å². The van der Waals surface area contributed by atoms with Crippen LogP contribution in [0.4, 0.5) is 0 Å². The molecule has 0 spiro atoms.